The average molecular weight is 465 g/mol. The maximum absolute atomic E-state index is 13.6. The number of para-hydroxylation sites is 1. The highest BCUT2D eigenvalue weighted by Gasteiger charge is 2.35. The molecule has 2 aliphatic heterocycles. The van der Waals surface area contributed by atoms with Gasteiger partial charge in [-0.2, -0.15) is 0 Å². The van der Waals surface area contributed by atoms with Gasteiger partial charge in [-0.05, 0) is 61.1 Å². The summed E-state index contributed by atoms with van der Waals surface area (Å²) < 4.78 is 22.7. The summed E-state index contributed by atoms with van der Waals surface area (Å²) in [5.74, 6) is 1.47. The number of methoxy groups -OCH3 is 1. The predicted octanol–water partition coefficient (Wildman–Crippen LogP) is 4.82. The molecule has 180 valence electrons. The van der Waals surface area contributed by atoms with E-state index < -0.39 is 0 Å². The zero-order valence-corrected chi connectivity index (χ0v) is 19.9. The van der Waals surface area contributed by atoms with Gasteiger partial charge in [-0.25, -0.2) is 4.79 Å². The molecule has 1 aromatic heterocycles. The van der Waals surface area contributed by atoms with Gasteiger partial charge < -0.3 is 28.4 Å². The number of carbonyl (C=O) groups is 1. The Balaban J connectivity index is 1.48. The van der Waals surface area contributed by atoms with E-state index >= 15 is 0 Å². The summed E-state index contributed by atoms with van der Waals surface area (Å²) in [6.07, 6.45) is 4.25. The van der Waals surface area contributed by atoms with Gasteiger partial charge >= 0.3 is 6.03 Å². The van der Waals surface area contributed by atoms with E-state index in [-0.39, 0.29) is 12.1 Å². The number of hydrogen-bond acceptors (Lipinski definition) is 5. The summed E-state index contributed by atoms with van der Waals surface area (Å²) in [5, 5.41) is 1.13. The van der Waals surface area contributed by atoms with Crippen molar-refractivity contribution in [3.8, 4) is 11.5 Å². The fourth-order valence-corrected chi connectivity index (χ4v) is 5.13. The van der Waals surface area contributed by atoms with E-state index in [0.717, 1.165) is 47.3 Å². The molecular weight excluding hydrogens is 432 g/mol. The van der Waals surface area contributed by atoms with Gasteiger partial charge in [-0.3, -0.25) is 0 Å². The molecule has 1 unspecified atom stereocenters. The number of morpholine rings is 1. The number of rotatable bonds is 6. The van der Waals surface area contributed by atoms with Crippen LogP contribution in [0.15, 0.2) is 47.1 Å². The lowest BCUT2D eigenvalue weighted by molar-refractivity contribution is 0.0376. The number of nitrogens with zero attached hydrogens (tertiary/aromatic N) is 2. The third-order valence-electron chi connectivity index (χ3n) is 6.86. The highest BCUT2D eigenvalue weighted by atomic mass is 16.5. The molecule has 0 N–H and O–H groups in total. The van der Waals surface area contributed by atoms with E-state index in [2.05, 4.69) is 18.2 Å². The van der Waals surface area contributed by atoms with Gasteiger partial charge in [0, 0.05) is 25.0 Å². The third-order valence-corrected chi connectivity index (χ3v) is 6.86. The van der Waals surface area contributed by atoms with Crippen molar-refractivity contribution in [1.82, 2.24) is 9.80 Å². The van der Waals surface area contributed by atoms with Gasteiger partial charge in [0.25, 0.3) is 0 Å². The number of fused-ring (bicyclic) bond motifs is 2. The largest absolute Gasteiger partial charge is 0.493 e. The lowest BCUT2D eigenvalue weighted by Crippen LogP contribution is -2.51. The summed E-state index contributed by atoms with van der Waals surface area (Å²) in [6.45, 7) is 5.65. The minimum atomic E-state index is -0.0575. The second-order valence-corrected chi connectivity index (χ2v) is 8.77. The van der Waals surface area contributed by atoms with E-state index in [0.29, 0.717) is 39.5 Å². The van der Waals surface area contributed by atoms with E-state index in [1.54, 1.807) is 7.11 Å². The Morgan fingerprint density at radius 1 is 1.12 bits per heavy atom. The number of ether oxygens (including phenoxy) is 3. The molecule has 5 rings (SSSR count). The number of furan rings is 1. The lowest BCUT2D eigenvalue weighted by atomic mass is 9.88. The van der Waals surface area contributed by atoms with Crippen molar-refractivity contribution in [2.24, 2.45) is 0 Å². The maximum Gasteiger partial charge on any atom is 0.320 e. The van der Waals surface area contributed by atoms with Crippen LogP contribution in [0.2, 0.25) is 0 Å². The number of hydrogen-bond donors (Lipinski definition) is 0. The van der Waals surface area contributed by atoms with Crippen molar-refractivity contribution < 1.29 is 23.4 Å². The molecule has 0 spiro atoms. The van der Waals surface area contributed by atoms with Gasteiger partial charge in [0.05, 0.1) is 39.2 Å². The van der Waals surface area contributed by atoms with Gasteiger partial charge in [-0.1, -0.05) is 18.2 Å². The second-order valence-electron chi connectivity index (χ2n) is 8.77. The van der Waals surface area contributed by atoms with Crippen LogP contribution in [0.4, 0.5) is 4.79 Å². The van der Waals surface area contributed by atoms with Crippen LogP contribution in [0.1, 0.15) is 36.1 Å². The van der Waals surface area contributed by atoms with Gasteiger partial charge in [0.2, 0.25) is 0 Å². The van der Waals surface area contributed by atoms with E-state index in [4.69, 9.17) is 18.6 Å². The zero-order chi connectivity index (χ0) is 23.5. The zero-order valence-electron chi connectivity index (χ0n) is 19.9. The van der Waals surface area contributed by atoms with E-state index in [9.17, 15) is 4.79 Å². The molecule has 3 aromatic rings. The van der Waals surface area contributed by atoms with E-state index in [1.165, 1.54) is 11.1 Å². The van der Waals surface area contributed by atoms with Crippen LogP contribution >= 0.6 is 0 Å². The Morgan fingerprint density at radius 3 is 2.74 bits per heavy atom. The lowest BCUT2D eigenvalue weighted by Gasteiger charge is -2.41. The molecule has 34 heavy (non-hydrogen) atoms. The molecule has 2 aliphatic rings. The van der Waals surface area contributed by atoms with Crippen LogP contribution in [-0.4, -0.2) is 62.4 Å². The fourth-order valence-electron chi connectivity index (χ4n) is 5.13. The third kappa shape index (κ3) is 4.32. The Kier molecular flexibility index (Phi) is 6.63. The van der Waals surface area contributed by atoms with Crippen LogP contribution < -0.4 is 9.47 Å². The number of carbonyl (C=O) groups excluding carboxylic acids is 1. The van der Waals surface area contributed by atoms with Crippen molar-refractivity contribution in [2.75, 3.05) is 46.6 Å². The van der Waals surface area contributed by atoms with Crippen molar-refractivity contribution in [3.63, 3.8) is 0 Å². The second kappa shape index (κ2) is 9.97. The first-order chi connectivity index (χ1) is 16.7. The minimum Gasteiger partial charge on any atom is -0.493 e. The Morgan fingerprint density at radius 2 is 1.94 bits per heavy atom. The number of urea groups is 1. The van der Waals surface area contributed by atoms with Crippen LogP contribution in [-0.2, 0) is 17.6 Å². The highest BCUT2D eigenvalue weighted by molar-refractivity contribution is 5.81. The molecule has 3 heterocycles. The van der Waals surface area contributed by atoms with Crippen molar-refractivity contribution >= 4 is 17.0 Å². The Hall–Kier alpha value is -3.19. The number of aryl methyl sites for hydroxylation is 1. The van der Waals surface area contributed by atoms with Crippen molar-refractivity contribution in [1.29, 1.82) is 0 Å². The maximum atomic E-state index is 13.6. The molecule has 1 saturated heterocycles. The molecule has 0 saturated carbocycles. The minimum absolute atomic E-state index is 0.0575. The Bertz CT molecular complexity index is 1150. The quantitative estimate of drug-likeness (QED) is 0.523. The van der Waals surface area contributed by atoms with Crippen LogP contribution in [0.3, 0.4) is 0 Å². The molecule has 2 aromatic carbocycles. The topological polar surface area (TPSA) is 64.4 Å². The summed E-state index contributed by atoms with van der Waals surface area (Å²) in [6, 6.07) is 12.3. The molecule has 0 aliphatic carbocycles. The molecular formula is C27H32N2O5. The molecule has 1 atom stereocenters. The molecule has 0 radical (unpaired) electrons. The fraction of sp³-hybridized carbons (Fsp3) is 0.444. The van der Waals surface area contributed by atoms with Crippen LogP contribution in [0.5, 0.6) is 11.5 Å². The standard InChI is InChI=1S/C27H32N2O5/c1-3-33-26-17-22-19(16-25(26)31-2)10-11-29(27(30)28-12-14-32-15-13-28)23(22)9-8-20-18-34-24-7-5-4-6-21(20)24/h4-7,16-18,23H,3,8-15H2,1-2H3. The summed E-state index contributed by atoms with van der Waals surface area (Å²) >= 11 is 0. The Labute approximate surface area is 200 Å². The van der Waals surface area contributed by atoms with Crippen LogP contribution in [0, 0.1) is 0 Å². The molecule has 2 amide bonds. The molecule has 0 bridgehead atoms. The first kappa shape index (κ1) is 22.6. The number of amides is 2. The first-order valence-electron chi connectivity index (χ1n) is 12.1. The van der Waals surface area contributed by atoms with Crippen molar-refractivity contribution in [3.05, 3.63) is 59.4 Å². The van der Waals surface area contributed by atoms with Gasteiger partial charge in [0.1, 0.15) is 5.58 Å². The van der Waals surface area contributed by atoms with Gasteiger partial charge in [-0.15, -0.1) is 0 Å². The highest BCUT2D eigenvalue weighted by Crippen LogP contribution is 2.41. The smallest absolute Gasteiger partial charge is 0.320 e. The first-order valence-corrected chi connectivity index (χ1v) is 12.1. The monoisotopic (exact) mass is 464 g/mol. The van der Waals surface area contributed by atoms with Crippen molar-refractivity contribution in [2.45, 2.75) is 32.2 Å². The predicted molar refractivity (Wildman–Crippen MR) is 130 cm³/mol. The van der Waals surface area contributed by atoms with Crippen LogP contribution in [0.25, 0.3) is 11.0 Å². The summed E-state index contributed by atoms with van der Waals surface area (Å²) in [7, 11) is 1.67. The number of benzene rings is 2. The average Bonchev–Trinajstić information content (AvgIpc) is 3.30. The molecule has 7 nitrogen and oxygen atoms in total. The summed E-state index contributed by atoms with van der Waals surface area (Å²) in [5.41, 5.74) is 4.42. The molecule has 1 fully saturated rings. The molecule has 7 heteroatoms. The van der Waals surface area contributed by atoms with E-state index in [1.807, 2.05) is 41.2 Å². The van der Waals surface area contributed by atoms with Gasteiger partial charge in [0.15, 0.2) is 11.5 Å². The summed E-state index contributed by atoms with van der Waals surface area (Å²) in [4.78, 5) is 17.6. The SMILES string of the molecule is CCOc1cc2c(cc1OC)CCN(C(=O)N1CCOCC1)C2CCc1coc2ccccc12. The normalized spacial score (nSPS) is 18.1.